The molecule has 0 bridgehead atoms. The van der Waals surface area contributed by atoms with Gasteiger partial charge in [0.2, 0.25) is 0 Å². The molecule has 8 heteroatoms. The van der Waals surface area contributed by atoms with Gasteiger partial charge in [0.15, 0.2) is 5.69 Å². The number of aromatic hydroxyl groups is 1. The molecule has 0 aliphatic rings. The highest BCUT2D eigenvalue weighted by molar-refractivity contribution is 5.85. The zero-order valence-electron chi connectivity index (χ0n) is 14.4. The van der Waals surface area contributed by atoms with Crippen LogP contribution >= 0.6 is 0 Å². The molecule has 0 amide bonds. The average Bonchev–Trinajstić information content (AvgIpc) is 2.66. The summed E-state index contributed by atoms with van der Waals surface area (Å²) in [6.45, 7) is 0. The molecule has 0 aliphatic carbocycles. The number of hydrogen-bond acceptors (Lipinski definition) is 5. The van der Waals surface area contributed by atoms with Crippen LogP contribution in [0.4, 0.5) is 13.2 Å². The largest absolute Gasteiger partial charge is 0.507 e. The summed E-state index contributed by atoms with van der Waals surface area (Å²) in [7, 11) is 2.88. The second-order valence-electron chi connectivity index (χ2n) is 5.56. The van der Waals surface area contributed by atoms with Crippen molar-refractivity contribution in [2.24, 2.45) is 0 Å². The molecule has 0 aliphatic heterocycles. The van der Waals surface area contributed by atoms with Crippen LogP contribution < -0.4 is 9.47 Å². The number of benzene rings is 2. The van der Waals surface area contributed by atoms with Crippen LogP contribution in [0.15, 0.2) is 48.8 Å². The molecule has 1 N–H and O–H groups in total. The molecule has 0 spiro atoms. The Morgan fingerprint density at radius 1 is 0.889 bits per heavy atom. The fourth-order valence-corrected chi connectivity index (χ4v) is 2.67. The fourth-order valence-electron chi connectivity index (χ4n) is 2.67. The highest BCUT2D eigenvalue weighted by Gasteiger charge is 2.37. The number of phenols is 1. The number of alkyl halides is 3. The Morgan fingerprint density at radius 2 is 1.52 bits per heavy atom. The highest BCUT2D eigenvalue weighted by Crippen LogP contribution is 2.43. The number of aromatic nitrogens is 2. The molecule has 1 heterocycles. The molecule has 0 saturated carbocycles. The SMILES string of the molecule is COc1ccc(-c2c(-c3ccc(OC)cc3O)ncnc2C(F)(F)F)cc1. The van der Waals surface area contributed by atoms with Crippen molar-refractivity contribution in [1.82, 2.24) is 9.97 Å². The third kappa shape index (κ3) is 3.64. The minimum atomic E-state index is -4.70. The first-order chi connectivity index (χ1) is 12.8. The summed E-state index contributed by atoms with van der Waals surface area (Å²) < 4.78 is 50.9. The molecule has 0 atom stereocenters. The van der Waals surface area contributed by atoms with Gasteiger partial charge in [0.25, 0.3) is 0 Å². The molecule has 0 saturated heterocycles. The summed E-state index contributed by atoms with van der Waals surface area (Å²) in [6.07, 6.45) is -3.87. The molecule has 27 heavy (non-hydrogen) atoms. The summed E-state index contributed by atoms with van der Waals surface area (Å²) in [4.78, 5) is 7.46. The first-order valence-corrected chi connectivity index (χ1v) is 7.79. The monoisotopic (exact) mass is 376 g/mol. The molecule has 5 nitrogen and oxygen atoms in total. The van der Waals surface area contributed by atoms with Gasteiger partial charge in [-0.05, 0) is 29.8 Å². The van der Waals surface area contributed by atoms with E-state index in [4.69, 9.17) is 9.47 Å². The van der Waals surface area contributed by atoms with Crippen molar-refractivity contribution in [2.75, 3.05) is 14.2 Å². The van der Waals surface area contributed by atoms with Crippen molar-refractivity contribution in [1.29, 1.82) is 0 Å². The van der Waals surface area contributed by atoms with E-state index in [0.29, 0.717) is 11.5 Å². The van der Waals surface area contributed by atoms with Crippen molar-refractivity contribution in [3.8, 4) is 39.6 Å². The maximum absolute atomic E-state index is 13.6. The average molecular weight is 376 g/mol. The molecule has 3 rings (SSSR count). The molecular weight excluding hydrogens is 361 g/mol. The molecular formula is C19H15F3N2O3. The number of methoxy groups -OCH3 is 2. The van der Waals surface area contributed by atoms with Crippen LogP contribution in [0, 0.1) is 0 Å². The van der Waals surface area contributed by atoms with Crippen LogP contribution in [0.1, 0.15) is 5.69 Å². The summed E-state index contributed by atoms with van der Waals surface area (Å²) >= 11 is 0. The van der Waals surface area contributed by atoms with E-state index in [1.807, 2.05) is 0 Å². The van der Waals surface area contributed by atoms with Gasteiger partial charge in [0, 0.05) is 17.2 Å². The Hall–Kier alpha value is -3.29. The zero-order valence-corrected chi connectivity index (χ0v) is 14.4. The van der Waals surface area contributed by atoms with Gasteiger partial charge in [-0.1, -0.05) is 12.1 Å². The Labute approximate surface area is 153 Å². The molecule has 1 aromatic heterocycles. The van der Waals surface area contributed by atoms with E-state index in [1.54, 1.807) is 12.1 Å². The van der Waals surface area contributed by atoms with E-state index in [-0.39, 0.29) is 28.1 Å². The van der Waals surface area contributed by atoms with Crippen molar-refractivity contribution in [3.63, 3.8) is 0 Å². The molecule has 0 unspecified atom stereocenters. The van der Waals surface area contributed by atoms with Gasteiger partial charge in [0.05, 0.1) is 19.9 Å². The second-order valence-corrected chi connectivity index (χ2v) is 5.56. The summed E-state index contributed by atoms with van der Waals surface area (Å²) in [6, 6.07) is 10.3. The fraction of sp³-hybridized carbons (Fsp3) is 0.158. The Morgan fingerprint density at radius 3 is 2.07 bits per heavy atom. The van der Waals surface area contributed by atoms with Gasteiger partial charge in [-0.3, -0.25) is 0 Å². The summed E-state index contributed by atoms with van der Waals surface area (Å²) in [5, 5.41) is 10.3. The third-order valence-electron chi connectivity index (χ3n) is 3.95. The van der Waals surface area contributed by atoms with E-state index in [0.717, 1.165) is 6.33 Å². The van der Waals surface area contributed by atoms with E-state index in [9.17, 15) is 18.3 Å². The lowest BCUT2D eigenvalue weighted by atomic mass is 9.96. The van der Waals surface area contributed by atoms with Crippen LogP contribution in [0.3, 0.4) is 0 Å². The third-order valence-corrected chi connectivity index (χ3v) is 3.95. The molecule has 0 fully saturated rings. The Bertz CT molecular complexity index is 957. The maximum Gasteiger partial charge on any atom is 0.434 e. The lowest BCUT2D eigenvalue weighted by Crippen LogP contribution is -2.12. The smallest absolute Gasteiger partial charge is 0.434 e. The quantitative estimate of drug-likeness (QED) is 0.724. The van der Waals surface area contributed by atoms with Gasteiger partial charge in [-0.25, -0.2) is 9.97 Å². The molecule has 140 valence electrons. The number of rotatable bonds is 4. The highest BCUT2D eigenvalue weighted by atomic mass is 19.4. The summed E-state index contributed by atoms with van der Waals surface area (Å²) in [5.74, 6) is 0.612. The van der Waals surface area contributed by atoms with E-state index < -0.39 is 11.9 Å². The van der Waals surface area contributed by atoms with Crippen LogP contribution in [-0.2, 0) is 6.18 Å². The molecule has 2 aromatic carbocycles. The number of hydrogen-bond donors (Lipinski definition) is 1. The van der Waals surface area contributed by atoms with Gasteiger partial charge < -0.3 is 14.6 Å². The lowest BCUT2D eigenvalue weighted by Gasteiger charge is -2.16. The van der Waals surface area contributed by atoms with Crippen molar-refractivity contribution in [2.45, 2.75) is 6.18 Å². The molecule has 0 radical (unpaired) electrons. The molecule has 3 aromatic rings. The van der Waals surface area contributed by atoms with Gasteiger partial charge in [-0.15, -0.1) is 0 Å². The topological polar surface area (TPSA) is 64.5 Å². The predicted octanol–water partition coefficient (Wildman–Crippen LogP) is 4.55. The lowest BCUT2D eigenvalue weighted by molar-refractivity contribution is -0.140. The summed E-state index contributed by atoms with van der Waals surface area (Å²) in [5.41, 5.74) is -0.980. The number of nitrogens with zero attached hydrogens (tertiary/aromatic N) is 2. The van der Waals surface area contributed by atoms with Crippen LogP contribution in [0.5, 0.6) is 17.2 Å². The van der Waals surface area contributed by atoms with Gasteiger partial charge in [0.1, 0.15) is 23.6 Å². The van der Waals surface area contributed by atoms with Crippen LogP contribution in [0.2, 0.25) is 0 Å². The number of phenolic OH excluding ortho intramolecular Hbond substituents is 1. The van der Waals surface area contributed by atoms with Crippen molar-refractivity contribution >= 4 is 0 Å². The Kier molecular flexibility index (Phi) is 4.89. The zero-order chi connectivity index (χ0) is 19.6. The van der Waals surface area contributed by atoms with Crippen LogP contribution in [-0.4, -0.2) is 29.3 Å². The van der Waals surface area contributed by atoms with Gasteiger partial charge in [-0.2, -0.15) is 13.2 Å². The van der Waals surface area contributed by atoms with Crippen molar-refractivity contribution < 1.29 is 27.8 Å². The number of halogens is 3. The van der Waals surface area contributed by atoms with Crippen molar-refractivity contribution in [3.05, 3.63) is 54.5 Å². The van der Waals surface area contributed by atoms with Crippen LogP contribution in [0.25, 0.3) is 22.4 Å². The minimum absolute atomic E-state index is 0.0392. The normalized spacial score (nSPS) is 11.3. The minimum Gasteiger partial charge on any atom is -0.507 e. The first-order valence-electron chi connectivity index (χ1n) is 7.79. The Balaban J connectivity index is 2.28. The first kappa shape index (κ1) is 18.5. The number of ether oxygens (including phenoxy) is 2. The van der Waals surface area contributed by atoms with E-state index >= 15 is 0 Å². The van der Waals surface area contributed by atoms with E-state index in [2.05, 4.69) is 9.97 Å². The van der Waals surface area contributed by atoms with E-state index in [1.165, 1.54) is 44.6 Å². The second kappa shape index (κ2) is 7.14. The maximum atomic E-state index is 13.6. The standard InChI is InChI=1S/C19H15F3N2O3/c1-26-12-5-3-11(4-6-12)16-17(23-10-24-18(16)19(20,21)22)14-8-7-13(27-2)9-15(14)25/h3-10,25H,1-2H3. The van der Waals surface area contributed by atoms with Gasteiger partial charge >= 0.3 is 6.18 Å². The predicted molar refractivity (Wildman–Crippen MR) is 92.7 cm³/mol.